The second-order valence-corrected chi connectivity index (χ2v) is 4.48. The molecule has 8 heteroatoms. The van der Waals surface area contributed by atoms with Gasteiger partial charge in [0.15, 0.2) is 5.69 Å². The van der Waals surface area contributed by atoms with E-state index in [4.69, 9.17) is 4.74 Å². The maximum atomic E-state index is 12.9. The molecule has 0 spiro atoms. The molecule has 0 amide bonds. The number of hydrogen-bond donors (Lipinski definition) is 1. The SMILES string of the molecule is CCCNc1nc(N(C)CCOCC)cc(C(F)(F)F)n1. The molecule has 0 aromatic carbocycles. The van der Waals surface area contributed by atoms with Crippen LogP contribution in [-0.4, -0.2) is 43.3 Å². The molecule has 0 aliphatic heterocycles. The van der Waals surface area contributed by atoms with E-state index in [-0.39, 0.29) is 11.8 Å². The first-order chi connectivity index (χ1) is 9.88. The van der Waals surface area contributed by atoms with Crippen LogP contribution in [0.2, 0.25) is 0 Å². The van der Waals surface area contributed by atoms with Crippen LogP contribution in [0.4, 0.5) is 24.9 Å². The van der Waals surface area contributed by atoms with Crippen LogP contribution in [0.1, 0.15) is 26.0 Å². The Labute approximate surface area is 122 Å². The number of aromatic nitrogens is 2. The monoisotopic (exact) mass is 306 g/mol. The lowest BCUT2D eigenvalue weighted by Gasteiger charge is -2.20. The fraction of sp³-hybridized carbons (Fsp3) is 0.692. The number of nitrogens with one attached hydrogen (secondary N) is 1. The molecule has 21 heavy (non-hydrogen) atoms. The highest BCUT2D eigenvalue weighted by Crippen LogP contribution is 2.30. The van der Waals surface area contributed by atoms with Crippen molar-refractivity contribution in [1.29, 1.82) is 0 Å². The van der Waals surface area contributed by atoms with Crippen LogP contribution in [0.5, 0.6) is 0 Å². The molecule has 0 aliphatic carbocycles. The van der Waals surface area contributed by atoms with Crippen LogP contribution in [0, 0.1) is 0 Å². The fourth-order valence-corrected chi connectivity index (χ4v) is 1.55. The smallest absolute Gasteiger partial charge is 0.380 e. The molecular weight excluding hydrogens is 285 g/mol. The van der Waals surface area contributed by atoms with E-state index in [1.54, 1.807) is 11.9 Å². The summed E-state index contributed by atoms with van der Waals surface area (Å²) in [6.07, 6.45) is -3.73. The van der Waals surface area contributed by atoms with Gasteiger partial charge in [0.25, 0.3) is 0 Å². The predicted molar refractivity (Wildman–Crippen MR) is 75.6 cm³/mol. The van der Waals surface area contributed by atoms with Gasteiger partial charge in [-0.2, -0.15) is 18.2 Å². The van der Waals surface area contributed by atoms with Crippen LogP contribution in [0.25, 0.3) is 0 Å². The van der Waals surface area contributed by atoms with Gasteiger partial charge in [0.05, 0.1) is 6.61 Å². The second kappa shape index (κ2) is 8.02. The highest BCUT2D eigenvalue weighted by molar-refractivity contribution is 5.45. The number of rotatable bonds is 8. The Bertz CT molecular complexity index is 440. The van der Waals surface area contributed by atoms with E-state index in [9.17, 15) is 13.2 Å². The lowest BCUT2D eigenvalue weighted by molar-refractivity contribution is -0.141. The van der Waals surface area contributed by atoms with Gasteiger partial charge in [-0.25, -0.2) is 4.98 Å². The summed E-state index contributed by atoms with van der Waals surface area (Å²) in [7, 11) is 1.67. The third-order valence-corrected chi connectivity index (χ3v) is 2.70. The first-order valence-corrected chi connectivity index (χ1v) is 6.87. The highest BCUT2D eigenvalue weighted by atomic mass is 19.4. The summed E-state index contributed by atoms with van der Waals surface area (Å²) in [6, 6.07) is 0.947. The first-order valence-electron chi connectivity index (χ1n) is 6.87. The molecule has 0 atom stereocenters. The summed E-state index contributed by atoms with van der Waals surface area (Å²) in [5.74, 6) is 0.209. The topological polar surface area (TPSA) is 50.3 Å². The van der Waals surface area contributed by atoms with Gasteiger partial charge in [-0.3, -0.25) is 0 Å². The van der Waals surface area contributed by atoms with Gasteiger partial charge < -0.3 is 15.0 Å². The van der Waals surface area contributed by atoms with Crippen molar-refractivity contribution in [2.75, 3.05) is 43.6 Å². The Morgan fingerprint density at radius 3 is 2.57 bits per heavy atom. The Morgan fingerprint density at radius 1 is 1.29 bits per heavy atom. The van der Waals surface area contributed by atoms with E-state index in [0.717, 1.165) is 12.5 Å². The minimum absolute atomic E-state index is 0.00932. The normalized spacial score (nSPS) is 11.5. The first kappa shape index (κ1) is 17.5. The maximum absolute atomic E-state index is 12.9. The Balaban J connectivity index is 2.95. The number of anilines is 2. The highest BCUT2D eigenvalue weighted by Gasteiger charge is 2.34. The third kappa shape index (κ3) is 5.74. The maximum Gasteiger partial charge on any atom is 0.433 e. The summed E-state index contributed by atoms with van der Waals surface area (Å²) in [4.78, 5) is 9.24. The number of likely N-dealkylation sites (N-methyl/N-ethyl adjacent to an activating group) is 1. The lowest BCUT2D eigenvalue weighted by atomic mass is 10.3. The van der Waals surface area contributed by atoms with Crippen LogP contribution in [-0.2, 0) is 10.9 Å². The number of hydrogen-bond acceptors (Lipinski definition) is 5. The molecular formula is C13H21F3N4O. The van der Waals surface area contributed by atoms with E-state index in [1.165, 1.54) is 0 Å². The second-order valence-electron chi connectivity index (χ2n) is 4.48. The molecule has 0 saturated carbocycles. The van der Waals surface area contributed by atoms with Crippen molar-refractivity contribution in [3.05, 3.63) is 11.8 Å². The minimum Gasteiger partial charge on any atom is -0.380 e. The average Bonchev–Trinajstić information content (AvgIpc) is 2.44. The summed E-state index contributed by atoms with van der Waals surface area (Å²) in [6.45, 7) is 5.73. The zero-order valence-corrected chi connectivity index (χ0v) is 12.5. The number of ether oxygens (including phenoxy) is 1. The molecule has 0 fully saturated rings. The predicted octanol–water partition coefficient (Wildman–Crippen LogP) is 2.79. The zero-order chi connectivity index (χ0) is 15.9. The van der Waals surface area contributed by atoms with Crippen LogP contribution in [0.3, 0.4) is 0 Å². The molecule has 0 aliphatic rings. The number of halogens is 3. The van der Waals surface area contributed by atoms with Crippen molar-refractivity contribution >= 4 is 11.8 Å². The van der Waals surface area contributed by atoms with Gasteiger partial charge >= 0.3 is 6.18 Å². The lowest BCUT2D eigenvalue weighted by Crippen LogP contribution is -2.25. The van der Waals surface area contributed by atoms with Gasteiger partial charge in [-0.1, -0.05) is 6.92 Å². The van der Waals surface area contributed by atoms with Crippen molar-refractivity contribution in [2.24, 2.45) is 0 Å². The minimum atomic E-state index is -4.50. The fourth-order valence-electron chi connectivity index (χ4n) is 1.55. The Hall–Kier alpha value is -1.57. The van der Waals surface area contributed by atoms with E-state index in [1.807, 2.05) is 13.8 Å². The van der Waals surface area contributed by atoms with Gasteiger partial charge in [0.2, 0.25) is 5.95 Å². The van der Waals surface area contributed by atoms with Crippen LogP contribution in [0.15, 0.2) is 6.07 Å². The van der Waals surface area contributed by atoms with Crippen molar-refractivity contribution in [2.45, 2.75) is 26.4 Å². The molecule has 0 radical (unpaired) electrons. The molecule has 1 aromatic heterocycles. The van der Waals surface area contributed by atoms with Crippen molar-refractivity contribution in [3.8, 4) is 0 Å². The van der Waals surface area contributed by atoms with Gasteiger partial charge in [-0.15, -0.1) is 0 Å². The quantitative estimate of drug-likeness (QED) is 0.748. The largest absolute Gasteiger partial charge is 0.433 e. The molecule has 1 aromatic rings. The summed E-state index contributed by atoms with van der Waals surface area (Å²) >= 11 is 0. The van der Waals surface area contributed by atoms with Gasteiger partial charge in [0, 0.05) is 32.8 Å². The van der Waals surface area contributed by atoms with Crippen LogP contribution >= 0.6 is 0 Å². The summed E-state index contributed by atoms with van der Waals surface area (Å²) < 4.78 is 43.8. The molecule has 0 unspecified atom stereocenters. The Kier molecular flexibility index (Phi) is 6.67. The average molecular weight is 306 g/mol. The van der Waals surface area contributed by atoms with E-state index >= 15 is 0 Å². The summed E-state index contributed by atoms with van der Waals surface area (Å²) in [5, 5.41) is 2.79. The molecule has 1 rings (SSSR count). The molecule has 5 nitrogen and oxygen atoms in total. The third-order valence-electron chi connectivity index (χ3n) is 2.70. The van der Waals surface area contributed by atoms with Crippen molar-refractivity contribution < 1.29 is 17.9 Å². The molecule has 1 N–H and O–H groups in total. The number of alkyl halides is 3. The summed E-state index contributed by atoms with van der Waals surface area (Å²) in [5.41, 5.74) is -0.950. The van der Waals surface area contributed by atoms with Crippen molar-refractivity contribution in [3.63, 3.8) is 0 Å². The van der Waals surface area contributed by atoms with E-state index in [0.29, 0.717) is 26.3 Å². The number of nitrogens with zero attached hydrogens (tertiary/aromatic N) is 3. The van der Waals surface area contributed by atoms with Gasteiger partial charge in [-0.05, 0) is 13.3 Å². The standard InChI is InChI=1S/C13H21F3N4O/c1-4-6-17-12-18-10(13(14,15)16)9-11(19-12)20(3)7-8-21-5-2/h9H,4-8H2,1-3H3,(H,17,18,19). The molecule has 120 valence electrons. The van der Waals surface area contributed by atoms with Crippen molar-refractivity contribution in [1.82, 2.24) is 9.97 Å². The van der Waals surface area contributed by atoms with Crippen LogP contribution < -0.4 is 10.2 Å². The van der Waals surface area contributed by atoms with E-state index in [2.05, 4.69) is 15.3 Å². The zero-order valence-electron chi connectivity index (χ0n) is 12.5. The molecule has 0 saturated heterocycles. The molecule has 1 heterocycles. The van der Waals surface area contributed by atoms with E-state index < -0.39 is 11.9 Å². The molecule has 0 bridgehead atoms. The van der Waals surface area contributed by atoms with Gasteiger partial charge in [0.1, 0.15) is 5.82 Å². The Morgan fingerprint density at radius 2 is 2.00 bits per heavy atom.